The monoisotopic (exact) mass is 400 g/mol. The number of hydrogen-bond acceptors (Lipinski definition) is 4. The SMILES string of the molecule is CN=C(NCc1cccc(COC2CCOCC2)c1)NC1CC(C)N(C2CC2)C1. The third kappa shape index (κ3) is 5.93. The molecular formula is C23H36N4O2. The van der Waals surface area contributed by atoms with Crippen molar-refractivity contribution in [2.45, 2.75) is 76.4 Å². The Labute approximate surface area is 175 Å². The molecule has 1 aliphatic carbocycles. The van der Waals surface area contributed by atoms with E-state index >= 15 is 0 Å². The van der Waals surface area contributed by atoms with Gasteiger partial charge in [-0.1, -0.05) is 24.3 Å². The quantitative estimate of drug-likeness (QED) is 0.544. The summed E-state index contributed by atoms with van der Waals surface area (Å²) in [5.41, 5.74) is 2.48. The number of nitrogens with zero attached hydrogens (tertiary/aromatic N) is 2. The van der Waals surface area contributed by atoms with Crippen LogP contribution in [0.3, 0.4) is 0 Å². The summed E-state index contributed by atoms with van der Waals surface area (Å²) in [5.74, 6) is 0.892. The van der Waals surface area contributed by atoms with E-state index in [4.69, 9.17) is 9.47 Å². The predicted molar refractivity (Wildman–Crippen MR) is 116 cm³/mol. The number of likely N-dealkylation sites (tertiary alicyclic amines) is 1. The summed E-state index contributed by atoms with van der Waals surface area (Å²) in [7, 11) is 1.85. The summed E-state index contributed by atoms with van der Waals surface area (Å²) >= 11 is 0. The lowest BCUT2D eigenvalue weighted by atomic mass is 10.1. The Morgan fingerprint density at radius 3 is 2.76 bits per heavy atom. The summed E-state index contributed by atoms with van der Waals surface area (Å²) in [5, 5.41) is 7.11. The number of aliphatic imine (C=N–C) groups is 1. The lowest BCUT2D eigenvalue weighted by Gasteiger charge is -2.22. The Balaban J connectivity index is 1.23. The minimum atomic E-state index is 0.331. The highest BCUT2D eigenvalue weighted by Crippen LogP contribution is 2.33. The molecule has 0 spiro atoms. The van der Waals surface area contributed by atoms with Crippen molar-refractivity contribution in [2.75, 3.05) is 26.8 Å². The minimum absolute atomic E-state index is 0.331. The van der Waals surface area contributed by atoms with Gasteiger partial charge < -0.3 is 20.1 Å². The summed E-state index contributed by atoms with van der Waals surface area (Å²) in [6.45, 7) is 6.55. The zero-order chi connectivity index (χ0) is 20.1. The second-order valence-corrected chi connectivity index (χ2v) is 8.72. The molecule has 2 N–H and O–H groups in total. The fraction of sp³-hybridized carbons (Fsp3) is 0.696. The van der Waals surface area contributed by atoms with Crippen LogP contribution in [-0.2, 0) is 22.6 Å². The highest BCUT2D eigenvalue weighted by molar-refractivity contribution is 5.80. The van der Waals surface area contributed by atoms with Crippen molar-refractivity contribution in [2.24, 2.45) is 4.99 Å². The first kappa shape index (κ1) is 20.6. The number of hydrogen-bond donors (Lipinski definition) is 2. The number of benzene rings is 1. The third-order valence-corrected chi connectivity index (χ3v) is 6.31. The first-order chi connectivity index (χ1) is 14.2. The van der Waals surface area contributed by atoms with Gasteiger partial charge in [-0.25, -0.2) is 0 Å². The number of ether oxygens (including phenoxy) is 2. The summed E-state index contributed by atoms with van der Waals surface area (Å²) < 4.78 is 11.5. The fourth-order valence-corrected chi connectivity index (χ4v) is 4.54. The van der Waals surface area contributed by atoms with Crippen molar-refractivity contribution in [3.63, 3.8) is 0 Å². The van der Waals surface area contributed by atoms with E-state index in [9.17, 15) is 0 Å². The standard InChI is InChI=1S/C23H36N4O2/c1-17-12-20(15-27(17)21-6-7-21)26-23(24-2)25-14-18-4-3-5-19(13-18)16-29-22-8-10-28-11-9-22/h3-5,13,17,20-22H,6-12,14-16H2,1-2H3,(H2,24,25,26). The van der Waals surface area contributed by atoms with Gasteiger partial charge in [-0.15, -0.1) is 0 Å². The molecule has 2 aliphatic heterocycles. The maximum atomic E-state index is 6.06. The van der Waals surface area contributed by atoms with Gasteiger partial charge in [-0.2, -0.15) is 0 Å². The van der Waals surface area contributed by atoms with Crippen LogP contribution in [-0.4, -0.2) is 61.9 Å². The molecule has 29 heavy (non-hydrogen) atoms. The largest absolute Gasteiger partial charge is 0.381 e. The van der Waals surface area contributed by atoms with E-state index in [2.05, 4.69) is 51.7 Å². The van der Waals surface area contributed by atoms with Crippen LogP contribution >= 0.6 is 0 Å². The van der Waals surface area contributed by atoms with Crippen molar-refractivity contribution >= 4 is 5.96 Å². The maximum absolute atomic E-state index is 6.06. The molecule has 1 aromatic carbocycles. The van der Waals surface area contributed by atoms with E-state index in [1.54, 1.807) is 0 Å². The van der Waals surface area contributed by atoms with E-state index in [0.29, 0.717) is 24.8 Å². The molecule has 4 rings (SSSR count). The second kappa shape index (κ2) is 9.92. The molecule has 160 valence electrons. The normalized spacial score (nSPS) is 26.6. The Bertz CT molecular complexity index is 685. The molecular weight excluding hydrogens is 364 g/mol. The van der Waals surface area contributed by atoms with Crippen LogP contribution in [0, 0.1) is 0 Å². The average Bonchev–Trinajstić information content (AvgIpc) is 3.53. The van der Waals surface area contributed by atoms with E-state index in [0.717, 1.165) is 51.1 Å². The van der Waals surface area contributed by atoms with Crippen molar-refractivity contribution in [3.05, 3.63) is 35.4 Å². The Hall–Kier alpha value is -1.63. The van der Waals surface area contributed by atoms with Crippen LogP contribution in [0.2, 0.25) is 0 Å². The summed E-state index contributed by atoms with van der Waals surface area (Å²) in [4.78, 5) is 7.10. The van der Waals surface area contributed by atoms with Crippen molar-refractivity contribution < 1.29 is 9.47 Å². The molecule has 2 saturated heterocycles. The Kier molecular flexibility index (Phi) is 7.06. The molecule has 0 amide bonds. The van der Waals surface area contributed by atoms with Crippen molar-refractivity contribution in [3.8, 4) is 0 Å². The molecule has 0 bridgehead atoms. The molecule has 0 aromatic heterocycles. The first-order valence-corrected chi connectivity index (χ1v) is 11.2. The van der Waals surface area contributed by atoms with Gasteiger partial charge in [-0.05, 0) is 50.2 Å². The Morgan fingerprint density at radius 1 is 1.21 bits per heavy atom. The molecule has 6 nitrogen and oxygen atoms in total. The predicted octanol–water partition coefficient (Wildman–Crippen LogP) is 2.67. The van der Waals surface area contributed by atoms with Crippen LogP contribution in [0.25, 0.3) is 0 Å². The van der Waals surface area contributed by atoms with Gasteiger partial charge in [0.05, 0.1) is 12.7 Å². The first-order valence-electron chi connectivity index (χ1n) is 11.2. The van der Waals surface area contributed by atoms with Crippen molar-refractivity contribution in [1.29, 1.82) is 0 Å². The molecule has 3 aliphatic rings. The van der Waals surface area contributed by atoms with Gasteiger partial charge in [0.15, 0.2) is 5.96 Å². The molecule has 6 heteroatoms. The maximum Gasteiger partial charge on any atom is 0.191 e. The fourth-order valence-electron chi connectivity index (χ4n) is 4.54. The smallest absolute Gasteiger partial charge is 0.191 e. The zero-order valence-electron chi connectivity index (χ0n) is 17.9. The molecule has 2 heterocycles. The van der Waals surface area contributed by atoms with Gasteiger partial charge in [-0.3, -0.25) is 9.89 Å². The minimum Gasteiger partial charge on any atom is -0.381 e. The van der Waals surface area contributed by atoms with Crippen molar-refractivity contribution in [1.82, 2.24) is 15.5 Å². The summed E-state index contributed by atoms with van der Waals surface area (Å²) in [6, 6.07) is 10.6. The van der Waals surface area contributed by atoms with Gasteiger partial charge in [0.1, 0.15) is 0 Å². The van der Waals surface area contributed by atoms with Crippen LogP contribution < -0.4 is 10.6 Å². The van der Waals surface area contributed by atoms with E-state index in [-0.39, 0.29) is 0 Å². The molecule has 1 aromatic rings. The van der Waals surface area contributed by atoms with Crippen LogP contribution in [0.1, 0.15) is 50.2 Å². The molecule has 0 radical (unpaired) electrons. The molecule has 2 unspecified atom stereocenters. The molecule has 2 atom stereocenters. The molecule has 1 saturated carbocycles. The highest BCUT2D eigenvalue weighted by Gasteiger charge is 2.38. The topological polar surface area (TPSA) is 58.1 Å². The van der Waals surface area contributed by atoms with Crippen LogP contribution in [0.4, 0.5) is 0 Å². The lowest BCUT2D eigenvalue weighted by Crippen LogP contribution is -2.44. The van der Waals surface area contributed by atoms with Gasteiger partial charge in [0.2, 0.25) is 0 Å². The van der Waals surface area contributed by atoms with Crippen LogP contribution in [0.15, 0.2) is 29.3 Å². The number of nitrogens with one attached hydrogen (secondary N) is 2. The second-order valence-electron chi connectivity index (χ2n) is 8.72. The third-order valence-electron chi connectivity index (χ3n) is 6.31. The molecule has 3 fully saturated rings. The van der Waals surface area contributed by atoms with E-state index in [1.165, 1.54) is 30.4 Å². The van der Waals surface area contributed by atoms with E-state index in [1.807, 2.05) is 7.05 Å². The average molecular weight is 401 g/mol. The summed E-state index contributed by atoms with van der Waals surface area (Å²) in [6.07, 6.45) is 6.27. The Morgan fingerprint density at radius 2 is 2.00 bits per heavy atom. The van der Waals surface area contributed by atoms with Gasteiger partial charge >= 0.3 is 0 Å². The van der Waals surface area contributed by atoms with Crippen LogP contribution in [0.5, 0.6) is 0 Å². The van der Waals surface area contributed by atoms with Gasteiger partial charge in [0.25, 0.3) is 0 Å². The highest BCUT2D eigenvalue weighted by atomic mass is 16.5. The van der Waals surface area contributed by atoms with E-state index < -0.39 is 0 Å². The van der Waals surface area contributed by atoms with Gasteiger partial charge in [0, 0.05) is 51.5 Å². The lowest BCUT2D eigenvalue weighted by molar-refractivity contribution is -0.0390. The number of guanidine groups is 1. The number of rotatable bonds is 7. The zero-order valence-corrected chi connectivity index (χ0v) is 17.9.